The van der Waals surface area contributed by atoms with Crippen LogP contribution < -0.4 is 4.72 Å². The van der Waals surface area contributed by atoms with E-state index < -0.39 is 21.5 Å². The van der Waals surface area contributed by atoms with E-state index in [4.69, 9.17) is 16.3 Å². The van der Waals surface area contributed by atoms with Crippen LogP contribution in [0.3, 0.4) is 0 Å². The van der Waals surface area contributed by atoms with Crippen molar-refractivity contribution in [1.29, 1.82) is 0 Å². The van der Waals surface area contributed by atoms with Crippen molar-refractivity contribution >= 4 is 27.6 Å². The summed E-state index contributed by atoms with van der Waals surface area (Å²) in [5.41, 5.74) is -0.890. The molecule has 0 radical (unpaired) electrons. The lowest BCUT2D eigenvalue weighted by Crippen LogP contribution is -2.59. The highest BCUT2D eigenvalue weighted by molar-refractivity contribution is 7.89. The number of benzene rings is 1. The number of ether oxygens (including phenoxy) is 1. The van der Waals surface area contributed by atoms with Gasteiger partial charge in [-0.2, -0.15) is 4.72 Å². The van der Waals surface area contributed by atoms with E-state index in [-0.39, 0.29) is 17.9 Å². The molecule has 8 heteroatoms. The number of aliphatic carboxylic acids is 1. The van der Waals surface area contributed by atoms with Crippen molar-refractivity contribution in [3.05, 3.63) is 28.8 Å². The number of carbonyl (C=O) groups is 1. The van der Waals surface area contributed by atoms with Gasteiger partial charge in [0, 0.05) is 11.6 Å². The predicted molar refractivity (Wildman–Crippen MR) is 76.9 cm³/mol. The lowest BCUT2D eigenvalue weighted by molar-refractivity contribution is -0.149. The molecule has 1 saturated heterocycles. The van der Waals surface area contributed by atoms with E-state index in [2.05, 4.69) is 4.72 Å². The van der Waals surface area contributed by atoms with Crippen LogP contribution in [0.4, 0.5) is 0 Å². The van der Waals surface area contributed by atoms with Crippen LogP contribution in [0.25, 0.3) is 0 Å². The molecule has 2 rings (SSSR count). The summed E-state index contributed by atoms with van der Waals surface area (Å²) in [7, 11) is -4.00. The van der Waals surface area contributed by atoms with E-state index in [1.54, 1.807) is 13.0 Å². The number of nitrogens with one attached hydrogen (secondary N) is 1. The van der Waals surface area contributed by atoms with Crippen LogP contribution in [0.15, 0.2) is 23.1 Å². The maximum Gasteiger partial charge on any atom is 0.327 e. The number of hydrogen-bond acceptors (Lipinski definition) is 4. The zero-order valence-electron chi connectivity index (χ0n) is 11.4. The minimum Gasteiger partial charge on any atom is -0.480 e. The average molecular weight is 334 g/mol. The number of rotatable bonds is 4. The Kier molecular flexibility index (Phi) is 4.57. The van der Waals surface area contributed by atoms with Crippen LogP contribution in [0, 0.1) is 6.92 Å². The molecular formula is C13H16ClNO5S. The molecule has 21 heavy (non-hydrogen) atoms. The molecule has 1 unspecified atom stereocenters. The Balaban J connectivity index is 2.34. The highest BCUT2D eigenvalue weighted by Gasteiger charge is 2.44. The SMILES string of the molecule is Cc1ccc(S(=O)(=O)NC2(C(=O)O)CCCOC2)cc1Cl. The summed E-state index contributed by atoms with van der Waals surface area (Å²) >= 11 is 5.93. The Morgan fingerprint density at radius 1 is 1.48 bits per heavy atom. The Bertz CT molecular complexity index is 653. The molecule has 0 aliphatic carbocycles. The molecule has 1 heterocycles. The third-order valence-corrected chi connectivity index (χ3v) is 5.37. The zero-order chi connectivity index (χ0) is 15.7. The summed E-state index contributed by atoms with van der Waals surface area (Å²) in [4.78, 5) is 11.4. The number of carboxylic acids is 1. The molecule has 1 aliphatic rings. The molecule has 1 aromatic carbocycles. The van der Waals surface area contributed by atoms with Crippen LogP contribution in [-0.2, 0) is 19.6 Å². The number of aryl methyl sites for hydroxylation is 1. The molecule has 0 bridgehead atoms. The van der Waals surface area contributed by atoms with Crippen molar-refractivity contribution in [2.24, 2.45) is 0 Å². The van der Waals surface area contributed by atoms with E-state index >= 15 is 0 Å². The third-order valence-electron chi connectivity index (χ3n) is 3.43. The van der Waals surface area contributed by atoms with Crippen molar-refractivity contribution in [3.8, 4) is 0 Å². The first-order valence-corrected chi connectivity index (χ1v) is 8.24. The number of hydrogen-bond donors (Lipinski definition) is 2. The van der Waals surface area contributed by atoms with Gasteiger partial charge in [-0.25, -0.2) is 8.42 Å². The number of carboxylic acid groups (broad SMARTS) is 1. The van der Waals surface area contributed by atoms with Crippen molar-refractivity contribution in [1.82, 2.24) is 4.72 Å². The van der Waals surface area contributed by atoms with E-state index in [0.29, 0.717) is 18.1 Å². The molecule has 0 saturated carbocycles. The second-order valence-electron chi connectivity index (χ2n) is 5.06. The lowest BCUT2D eigenvalue weighted by Gasteiger charge is -2.33. The summed E-state index contributed by atoms with van der Waals surface area (Å²) in [5, 5.41) is 9.67. The predicted octanol–water partition coefficient (Wildman–Crippen LogP) is 1.56. The highest BCUT2D eigenvalue weighted by atomic mass is 35.5. The summed E-state index contributed by atoms with van der Waals surface area (Å²) in [6, 6.07) is 4.27. The van der Waals surface area contributed by atoms with Gasteiger partial charge in [0.2, 0.25) is 10.0 Å². The molecule has 0 aromatic heterocycles. The van der Waals surface area contributed by atoms with Gasteiger partial charge >= 0.3 is 5.97 Å². The Morgan fingerprint density at radius 2 is 2.19 bits per heavy atom. The summed E-state index contributed by atoms with van der Waals surface area (Å²) in [6.45, 7) is 1.98. The molecular weight excluding hydrogens is 318 g/mol. The Labute approximate surface area is 128 Å². The van der Waals surface area contributed by atoms with Gasteiger partial charge in [0.25, 0.3) is 0 Å². The summed E-state index contributed by atoms with van der Waals surface area (Å²) in [5.74, 6) is -1.25. The van der Waals surface area contributed by atoms with Gasteiger partial charge in [0.1, 0.15) is 0 Å². The average Bonchev–Trinajstić information content (AvgIpc) is 2.42. The van der Waals surface area contributed by atoms with Gasteiger partial charge in [0.15, 0.2) is 5.54 Å². The van der Waals surface area contributed by atoms with Crippen LogP contribution >= 0.6 is 11.6 Å². The van der Waals surface area contributed by atoms with Crippen LogP contribution in [0.2, 0.25) is 5.02 Å². The van der Waals surface area contributed by atoms with Crippen LogP contribution in [0.1, 0.15) is 18.4 Å². The molecule has 1 fully saturated rings. The van der Waals surface area contributed by atoms with Gasteiger partial charge in [-0.15, -0.1) is 0 Å². The van der Waals surface area contributed by atoms with E-state index in [9.17, 15) is 18.3 Å². The molecule has 2 N–H and O–H groups in total. The first-order chi connectivity index (χ1) is 9.77. The first kappa shape index (κ1) is 16.2. The number of halogens is 1. The zero-order valence-corrected chi connectivity index (χ0v) is 13.0. The van der Waals surface area contributed by atoms with Gasteiger partial charge in [-0.3, -0.25) is 4.79 Å². The van der Waals surface area contributed by atoms with Gasteiger partial charge in [0.05, 0.1) is 11.5 Å². The molecule has 116 valence electrons. The molecule has 6 nitrogen and oxygen atoms in total. The van der Waals surface area contributed by atoms with Crippen molar-refractivity contribution in [2.45, 2.75) is 30.2 Å². The number of sulfonamides is 1. The van der Waals surface area contributed by atoms with Gasteiger partial charge in [-0.1, -0.05) is 17.7 Å². The normalized spacial score (nSPS) is 23.0. The van der Waals surface area contributed by atoms with Crippen LogP contribution in [0.5, 0.6) is 0 Å². The standard InChI is InChI=1S/C13H16ClNO5S/c1-9-3-4-10(7-11(9)14)21(18,19)15-13(12(16)17)5-2-6-20-8-13/h3-4,7,15H,2,5-6,8H2,1H3,(H,16,17). The topological polar surface area (TPSA) is 92.7 Å². The van der Waals surface area contributed by atoms with Crippen LogP contribution in [-0.4, -0.2) is 38.2 Å². The molecule has 1 aliphatic heterocycles. The fraction of sp³-hybridized carbons (Fsp3) is 0.462. The molecule has 1 aromatic rings. The maximum atomic E-state index is 12.4. The minimum absolute atomic E-state index is 0.0655. The Hall–Kier alpha value is -1.15. The van der Waals surface area contributed by atoms with E-state index in [1.165, 1.54) is 12.1 Å². The second-order valence-corrected chi connectivity index (χ2v) is 7.15. The molecule has 1 atom stereocenters. The first-order valence-electron chi connectivity index (χ1n) is 6.38. The summed E-state index contributed by atoms with van der Waals surface area (Å²) in [6.07, 6.45) is 0.657. The molecule has 0 amide bonds. The van der Waals surface area contributed by atoms with Gasteiger partial charge < -0.3 is 9.84 Å². The molecule has 0 spiro atoms. The lowest BCUT2D eigenvalue weighted by atomic mass is 9.94. The van der Waals surface area contributed by atoms with Crippen molar-refractivity contribution in [3.63, 3.8) is 0 Å². The Morgan fingerprint density at radius 3 is 2.71 bits per heavy atom. The second kappa shape index (κ2) is 5.92. The smallest absolute Gasteiger partial charge is 0.327 e. The maximum absolute atomic E-state index is 12.4. The monoisotopic (exact) mass is 333 g/mol. The largest absolute Gasteiger partial charge is 0.480 e. The van der Waals surface area contributed by atoms with Crippen molar-refractivity contribution in [2.75, 3.05) is 13.2 Å². The van der Waals surface area contributed by atoms with Gasteiger partial charge in [-0.05, 0) is 37.5 Å². The van der Waals surface area contributed by atoms with E-state index in [0.717, 1.165) is 5.56 Å². The van der Waals surface area contributed by atoms with E-state index in [1.807, 2.05) is 0 Å². The third kappa shape index (κ3) is 3.37. The highest BCUT2D eigenvalue weighted by Crippen LogP contribution is 2.25. The minimum atomic E-state index is -4.00. The summed E-state index contributed by atoms with van der Waals surface area (Å²) < 4.78 is 32.2. The fourth-order valence-electron chi connectivity index (χ4n) is 2.14. The quantitative estimate of drug-likeness (QED) is 0.872. The van der Waals surface area contributed by atoms with Crippen molar-refractivity contribution < 1.29 is 23.1 Å². The fourth-order valence-corrected chi connectivity index (χ4v) is 3.79.